The highest BCUT2D eigenvalue weighted by molar-refractivity contribution is 7.99. The third-order valence-corrected chi connectivity index (χ3v) is 6.38. The van der Waals surface area contributed by atoms with Crippen molar-refractivity contribution in [1.82, 2.24) is 20.1 Å². The lowest BCUT2D eigenvalue weighted by Gasteiger charge is -2.21. The SMILES string of the molecule is C[C@@H](NC(=O)CSc1nnc(-c2ccco2)n1Cc1ccccc1)c1ccc2c(c1)OCCO2. The second-order valence-corrected chi connectivity index (χ2v) is 8.78. The van der Waals surface area contributed by atoms with Crippen molar-refractivity contribution in [3.63, 3.8) is 0 Å². The van der Waals surface area contributed by atoms with Gasteiger partial charge in [0.2, 0.25) is 11.7 Å². The largest absolute Gasteiger partial charge is 0.486 e. The lowest BCUT2D eigenvalue weighted by Crippen LogP contribution is -2.28. The van der Waals surface area contributed by atoms with E-state index in [0.717, 1.165) is 16.9 Å². The summed E-state index contributed by atoms with van der Waals surface area (Å²) < 4.78 is 18.7. The number of carbonyl (C=O) groups excluding carboxylic acids is 1. The Labute approximate surface area is 201 Å². The van der Waals surface area contributed by atoms with Gasteiger partial charge in [-0.05, 0) is 42.3 Å². The predicted octanol–water partition coefficient (Wildman–Crippen LogP) is 4.33. The third-order valence-electron chi connectivity index (χ3n) is 5.42. The van der Waals surface area contributed by atoms with Gasteiger partial charge in [-0.15, -0.1) is 10.2 Å². The molecule has 174 valence electrons. The van der Waals surface area contributed by atoms with Gasteiger partial charge in [-0.3, -0.25) is 9.36 Å². The van der Waals surface area contributed by atoms with Gasteiger partial charge in [-0.25, -0.2) is 0 Å². The first-order chi connectivity index (χ1) is 16.7. The molecule has 1 N–H and O–H groups in total. The number of thioether (sulfide) groups is 1. The van der Waals surface area contributed by atoms with E-state index in [1.807, 2.05) is 72.2 Å². The molecule has 0 fully saturated rings. The normalized spacial score (nSPS) is 13.4. The Balaban J connectivity index is 1.26. The van der Waals surface area contributed by atoms with E-state index < -0.39 is 0 Å². The Morgan fingerprint density at radius 2 is 1.88 bits per heavy atom. The fraction of sp³-hybridized carbons (Fsp3) is 0.240. The summed E-state index contributed by atoms with van der Waals surface area (Å²) in [5, 5.41) is 12.3. The summed E-state index contributed by atoms with van der Waals surface area (Å²) in [6.45, 7) is 3.59. The summed E-state index contributed by atoms with van der Waals surface area (Å²) in [7, 11) is 0. The fourth-order valence-electron chi connectivity index (χ4n) is 3.72. The topological polar surface area (TPSA) is 91.4 Å². The van der Waals surface area contributed by atoms with E-state index in [9.17, 15) is 4.79 Å². The molecule has 0 bridgehead atoms. The summed E-state index contributed by atoms with van der Waals surface area (Å²) in [5.41, 5.74) is 2.06. The number of aromatic nitrogens is 3. The van der Waals surface area contributed by atoms with Crippen molar-refractivity contribution in [2.45, 2.75) is 24.7 Å². The highest BCUT2D eigenvalue weighted by Crippen LogP contribution is 2.32. The van der Waals surface area contributed by atoms with Crippen molar-refractivity contribution >= 4 is 17.7 Å². The molecule has 1 aliphatic heterocycles. The van der Waals surface area contributed by atoms with Crippen molar-refractivity contribution in [3.8, 4) is 23.1 Å². The maximum Gasteiger partial charge on any atom is 0.230 e. The average molecular weight is 477 g/mol. The number of hydrogen-bond donors (Lipinski definition) is 1. The minimum absolute atomic E-state index is 0.0961. The zero-order chi connectivity index (χ0) is 23.3. The van der Waals surface area contributed by atoms with Gasteiger partial charge in [-0.1, -0.05) is 48.2 Å². The Hall–Kier alpha value is -3.72. The Morgan fingerprint density at radius 1 is 1.06 bits per heavy atom. The van der Waals surface area contributed by atoms with Crippen LogP contribution < -0.4 is 14.8 Å². The number of rotatable bonds is 8. The highest BCUT2D eigenvalue weighted by atomic mass is 32.2. The van der Waals surface area contributed by atoms with E-state index in [4.69, 9.17) is 13.9 Å². The minimum Gasteiger partial charge on any atom is -0.486 e. The molecule has 0 aliphatic carbocycles. The van der Waals surface area contributed by atoms with Gasteiger partial charge in [0, 0.05) is 0 Å². The van der Waals surface area contributed by atoms with Crippen LogP contribution in [-0.2, 0) is 11.3 Å². The molecule has 3 heterocycles. The van der Waals surface area contributed by atoms with Crippen LogP contribution in [0.4, 0.5) is 0 Å². The second kappa shape index (κ2) is 10.0. The maximum atomic E-state index is 12.7. The number of fused-ring (bicyclic) bond motifs is 1. The molecule has 1 atom stereocenters. The summed E-state index contributed by atoms with van der Waals surface area (Å²) >= 11 is 1.34. The van der Waals surface area contributed by atoms with Gasteiger partial charge >= 0.3 is 0 Å². The number of hydrogen-bond acceptors (Lipinski definition) is 7. The molecule has 0 saturated carbocycles. The minimum atomic E-state index is -0.176. The van der Waals surface area contributed by atoms with Gasteiger partial charge in [0.1, 0.15) is 13.2 Å². The standard InChI is InChI=1S/C25H24N4O4S/c1-17(19-9-10-20-22(14-19)33-13-12-32-20)26-23(30)16-34-25-28-27-24(21-8-5-11-31-21)29(25)15-18-6-3-2-4-7-18/h2-11,14,17H,12-13,15-16H2,1H3,(H,26,30)/t17-/m1/s1. The van der Waals surface area contributed by atoms with E-state index in [-0.39, 0.29) is 17.7 Å². The van der Waals surface area contributed by atoms with Gasteiger partial charge in [0.15, 0.2) is 22.4 Å². The molecule has 0 radical (unpaired) electrons. The van der Waals surface area contributed by atoms with Crippen molar-refractivity contribution in [3.05, 3.63) is 78.1 Å². The lowest BCUT2D eigenvalue weighted by molar-refractivity contribution is -0.119. The van der Waals surface area contributed by atoms with Crippen LogP contribution in [0.3, 0.4) is 0 Å². The molecule has 0 unspecified atom stereocenters. The highest BCUT2D eigenvalue weighted by Gasteiger charge is 2.19. The molecule has 0 spiro atoms. The molecule has 34 heavy (non-hydrogen) atoms. The molecule has 8 nitrogen and oxygen atoms in total. The Bertz CT molecular complexity index is 1260. The summed E-state index contributed by atoms with van der Waals surface area (Å²) in [5.74, 6) is 2.81. The summed E-state index contributed by atoms with van der Waals surface area (Å²) in [4.78, 5) is 12.7. The summed E-state index contributed by atoms with van der Waals surface area (Å²) in [6.07, 6.45) is 1.61. The van der Waals surface area contributed by atoms with Crippen LogP contribution in [0.5, 0.6) is 11.5 Å². The second-order valence-electron chi connectivity index (χ2n) is 7.84. The first kappa shape index (κ1) is 22.1. The van der Waals surface area contributed by atoms with Crippen molar-refractivity contribution in [1.29, 1.82) is 0 Å². The van der Waals surface area contributed by atoms with Gasteiger partial charge in [0.25, 0.3) is 0 Å². The van der Waals surface area contributed by atoms with Crippen molar-refractivity contribution in [2.75, 3.05) is 19.0 Å². The molecule has 2 aromatic carbocycles. The smallest absolute Gasteiger partial charge is 0.230 e. The van der Waals surface area contributed by atoms with E-state index >= 15 is 0 Å². The zero-order valence-corrected chi connectivity index (χ0v) is 19.5. The monoisotopic (exact) mass is 476 g/mol. The summed E-state index contributed by atoms with van der Waals surface area (Å²) in [6, 6.07) is 19.3. The molecule has 0 saturated heterocycles. The molecule has 1 aliphatic rings. The van der Waals surface area contributed by atoms with Crippen LogP contribution in [-0.4, -0.2) is 39.6 Å². The van der Waals surface area contributed by atoms with Gasteiger partial charge in [-0.2, -0.15) is 0 Å². The maximum absolute atomic E-state index is 12.7. The first-order valence-electron chi connectivity index (χ1n) is 11.0. The van der Waals surface area contributed by atoms with E-state index in [1.165, 1.54) is 11.8 Å². The molecular weight excluding hydrogens is 452 g/mol. The number of carbonyl (C=O) groups is 1. The number of amides is 1. The molecule has 4 aromatic rings. The van der Waals surface area contributed by atoms with Crippen LogP contribution in [0, 0.1) is 0 Å². The Kier molecular flexibility index (Phi) is 6.53. The van der Waals surface area contributed by atoms with Gasteiger partial charge in [0.05, 0.1) is 24.6 Å². The molecular formula is C25H24N4O4S. The molecule has 9 heteroatoms. The van der Waals surface area contributed by atoms with Crippen LogP contribution in [0.15, 0.2) is 76.5 Å². The van der Waals surface area contributed by atoms with E-state index in [2.05, 4.69) is 15.5 Å². The van der Waals surface area contributed by atoms with Crippen LogP contribution in [0.2, 0.25) is 0 Å². The van der Waals surface area contributed by atoms with Crippen LogP contribution in [0.25, 0.3) is 11.6 Å². The zero-order valence-electron chi connectivity index (χ0n) is 18.6. The first-order valence-corrected chi connectivity index (χ1v) is 12.0. The van der Waals surface area contributed by atoms with Crippen molar-refractivity contribution in [2.24, 2.45) is 0 Å². The molecule has 2 aromatic heterocycles. The molecule has 1 amide bonds. The number of benzene rings is 2. The van der Waals surface area contributed by atoms with Crippen molar-refractivity contribution < 1.29 is 18.7 Å². The number of ether oxygens (including phenoxy) is 2. The Morgan fingerprint density at radius 3 is 2.68 bits per heavy atom. The molecule has 5 rings (SSSR count). The van der Waals surface area contributed by atoms with Crippen LogP contribution >= 0.6 is 11.8 Å². The predicted molar refractivity (Wildman–Crippen MR) is 128 cm³/mol. The third kappa shape index (κ3) is 4.94. The van der Waals surface area contributed by atoms with E-state index in [0.29, 0.717) is 42.2 Å². The van der Waals surface area contributed by atoms with E-state index in [1.54, 1.807) is 6.26 Å². The fourth-order valence-corrected chi connectivity index (χ4v) is 4.47. The van der Waals surface area contributed by atoms with Gasteiger partial charge < -0.3 is 19.2 Å². The lowest BCUT2D eigenvalue weighted by atomic mass is 10.1. The number of nitrogens with zero attached hydrogens (tertiary/aromatic N) is 3. The average Bonchev–Trinajstić information content (AvgIpc) is 3.53. The number of furan rings is 1. The quantitative estimate of drug-likeness (QED) is 0.379. The van der Waals surface area contributed by atoms with Crippen LogP contribution in [0.1, 0.15) is 24.1 Å². The number of nitrogens with one attached hydrogen (secondary N) is 1.